The van der Waals surface area contributed by atoms with Gasteiger partial charge in [0.1, 0.15) is 5.82 Å². The van der Waals surface area contributed by atoms with Crippen molar-refractivity contribution in [2.24, 2.45) is 0 Å². The molecule has 22 heavy (non-hydrogen) atoms. The van der Waals surface area contributed by atoms with Crippen molar-refractivity contribution in [1.29, 1.82) is 0 Å². The van der Waals surface area contributed by atoms with Gasteiger partial charge in [-0.2, -0.15) is 0 Å². The maximum absolute atomic E-state index is 4.33. The maximum atomic E-state index is 4.33. The average molecular weight is 371 g/mol. The first kappa shape index (κ1) is 15.1. The number of halogens is 1. The first-order valence-corrected chi connectivity index (χ1v) is 8.73. The molecule has 1 N–H and O–H groups in total. The van der Waals surface area contributed by atoms with Crippen LogP contribution in [0, 0.1) is 0 Å². The van der Waals surface area contributed by atoms with Crippen LogP contribution < -0.4 is 5.32 Å². The van der Waals surface area contributed by atoms with Crippen molar-refractivity contribution >= 4 is 39.2 Å². The summed E-state index contributed by atoms with van der Waals surface area (Å²) in [7, 11) is 0. The summed E-state index contributed by atoms with van der Waals surface area (Å²) >= 11 is 5.33. The minimum absolute atomic E-state index is 0.827. The van der Waals surface area contributed by atoms with E-state index in [4.69, 9.17) is 0 Å². The predicted molar refractivity (Wildman–Crippen MR) is 97.7 cm³/mol. The van der Waals surface area contributed by atoms with Crippen molar-refractivity contribution in [2.45, 2.75) is 10.6 Å². The molecule has 1 heterocycles. The number of thioether (sulfide) groups is 1. The second-order valence-corrected chi connectivity index (χ2v) is 6.66. The number of hydrogen-bond acceptors (Lipinski definition) is 3. The van der Waals surface area contributed by atoms with E-state index in [2.05, 4.69) is 68.7 Å². The smallest absolute Gasteiger partial charge is 0.144 e. The van der Waals surface area contributed by atoms with Gasteiger partial charge in [-0.05, 0) is 51.8 Å². The van der Waals surface area contributed by atoms with Crippen LogP contribution in [0.25, 0.3) is 0 Å². The van der Waals surface area contributed by atoms with Crippen molar-refractivity contribution in [3.05, 3.63) is 83.0 Å². The van der Waals surface area contributed by atoms with Crippen LogP contribution in [-0.4, -0.2) is 4.98 Å². The van der Waals surface area contributed by atoms with Gasteiger partial charge in [-0.25, -0.2) is 4.98 Å². The first-order valence-electron chi connectivity index (χ1n) is 6.95. The molecule has 0 spiro atoms. The monoisotopic (exact) mass is 370 g/mol. The van der Waals surface area contributed by atoms with E-state index in [1.165, 1.54) is 10.5 Å². The highest BCUT2D eigenvalue weighted by Gasteiger charge is 2.02. The van der Waals surface area contributed by atoms with Gasteiger partial charge in [0.2, 0.25) is 0 Å². The van der Waals surface area contributed by atoms with Crippen LogP contribution in [0.1, 0.15) is 5.56 Å². The van der Waals surface area contributed by atoms with Crippen molar-refractivity contribution in [2.75, 3.05) is 5.32 Å². The van der Waals surface area contributed by atoms with Crippen LogP contribution >= 0.6 is 27.7 Å². The van der Waals surface area contributed by atoms with Gasteiger partial charge in [0.25, 0.3) is 0 Å². The van der Waals surface area contributed by atoms with Crippen LogP contribution in [0.2, 0.25) is 0 Å². The summed E-state index contributed by atoms with van der Waals surface area (Å²) < 4.78 is 0.956. The fraction of sp³-hybridized carbons (Fsp3) is 0.0556. The lowest BCUT2D eigenvalue weighted by Crippen LogP contribution is -1.94. The van der Waals surface area contributed by atoms with Crippen LogP contribution in [0.3, 0.4) is 0 Å². The minimum atomic E-state index is 0.827. The molecular formula is C18H15BrN2S. The fourth-order valence-electron chi connectivity index (χ4n) is 2.02. The molecule has 0 unspecified atom stereocenters. The van der Waals surface area contributed by atoms with Gasteiger partial charge >= 0.3 is 0 Å². The molecule has 0 atom stereocenters. The molecule has 0 saturated carbocycles. The Morgan fingerprint density at radius 3 is 2.64 bits per heavy atom. The standard InChI is InChI=1S/C18H15BrN2S/c19-17-10-5-11-20-18(17)21-15-8-4-9-16(12-15)22-13-14-6-2-1-3-7-14/h1-12H,13H2,(H,20,21). The molecule has 3 aromatic rings. The number of rotatable bonds is 5. The molecule has 0 bridgehead atoms. The third-order valence-electron chi connectivity index (χ3n) is 3.10. The van der Waals surface area contributed by atoms with Crippen molar-refractivity contribution < 1.29 is 0 Å². The Morgan fingerprint density at radius 2 is 1.82 bits per heavy atom. The summed E-state index contributed by atoms with van der Waals surface area (Å²) in [6.07, 6.45) is 1.78. The molecule has 0 aliphatic carbocycles. The highest BCUT2D eigenvalue weighted by molar-refractivity contribution is 9.10. The Labute approximate surface area is 143 Å². The first-order chi connectivity index (χ1) is 10.8. The number of anilines is 2. The third kappa shape index (κ3) is 4.12. The van der Waals surface area contributed by atoms with Crippen molar-refractivity contribution in [3.8, 4) is 0 Å². The number of aromatic nitrogens is 1. The normalized spacial score (nSPS) is 10.4. The Bertz CT molecular complexity index is 747. The molecule has 2 nitrogen and oxygen atoms in total. The largest absolute Gasteiger partial charge is 0.339 e. The van der Waals surface area contributed by atoms with Gasteiger partial charge in [0.15, 0.2) is 0 Å². The molecule has 0 saturated heterocycles. The SMILES string of the molecule is Brc1cccnc1Nc1cccc(SCc2ccccc2)c1. The zero-order chi connectivity index (χ0) is 15.2. The second kappa shape index (κ2) is 7.47. The fourth-order valence-corrected chi connectivity index (χ4v) is 3.28. The molecule has 110 valence electrons. The Hall–Kier alpha value is -1.78. The topological polar surface area (TPSA) is 24.9 Å². The molecule has 4 heteroatoms. The highest BCUT2D eigenvalue weighted by Crippen LogP contribution is 2.28. The Morgan fingerprint density at radius 1 is 0.955 bits per heavy atom. The molecule has 0 aliphatic heterocycles. The highest BCUT2D eigenvalue weighted by atomic mass is 79.9. The maximum Gasteiger partial charge on any atom is 0.144 e. The Balaban J connectivity index is 1.69. The quantitative estimate of drug-likeness (QED) is 0.567. The van der Waals surface area contributed by atoms with Gasteiger partial charge in [-0.1, -0.05) is 36.4 Å². The summed E-state index contributed by atoms with van der Waals surface area (Å²) in [6.45, 7) is 0. The van der Waals surface area contributed by atoms with Crippen LogP contribution in [-0.2, 0) is 5.75 Å². The summed E-state index contributed by atoms with van der Waals surface area (Å²) in [5.74, 6) is 1.80. The number of hydrogen-bond donors (Lipinski definition) is 1. The third-order valence-corrected chi connectivity index (χ3v) is 4.81. The van der Waals surface area contributed by atoms with E-state index in [9.17, 15) is 0 Å². The molecule has 0 amide bonds. The van der Waals surface area contributed by atoms with Crippen LogP contribution in [0.5, 0.6) is 0 Å². The summed E-state index contributed by atoms with van der Waals surface area (Å²) in [6, 6.07) is 22.8. The zero-order valence-corrected chi connectivity index (χ0v) is 14.3. The van der Waals surface area contributed by atoms with E-state index >= 15 is 0 Å². The van der Waals surface area contributed by atoms with Gasteiger partial charge in [-0.15, -0.1) is 11.8 Å². The molecule has 0 fully saturated rings. The zero-order valence-electron chi connectivity index (χ0n) is 11.9. The van der Waals surface area contributed by atoms with E-state index in [1.807, 2.05) is 36.0 Å². The van der Waals surface area contributed by atoms with E-state index in [1.54, 1.807) is 6.20 Å². The number of nitrogens with one attached hydrogen (secondary N) is 1. The molecule has 2 aromatic carbocycles. The van der Waals surface area contributed by atoms with Gasteiger partial charge in [0.05, 0.1) is 4.47 Å². The van der Waals surface area contributed by atoms with Crippen LogP contribution in [0.15, 0.2) is 82.3 Å². The lowest BCUT2D eigenvalue weighted by molar-refractivity contribution is 1.28. The van der Waals surface area contributed by atoms with E-state index in [0.29, 0.717) is 0 Å². The average Bonchev–Trinajstić information content (AvgIpc) is 2.57. The van der Waals surface area contributed by atoms with Crippen molar-refractivity contribution in [1.82, 2.24) is 4.98 Å². The lowest BCUT2D eigenvalue weighted by Gasteiger charge is -2.09. The summed E-state index contributed by atoms with van der Waals surface area (Å²) in [5, 5.41) is 3.34. The molecule has 3 rings (SSSR count). The molecule has 0 aliphatic rings. The van der Waals surface area contributed by atoms with E-state index in [0.717, 1.165) is 21.7 Å². The number of benzene rings is 2. The summed E-state index contributed by atoms with van der Waals surface area (Å²) in [4.78, 5) is 5.57. The summed E-state index contributed by atoms with van der Waals surface area (Å²) in [5.41, 5.74) is 2.37. The van der Waals surface area contributed by atoms with Gasteiger partial charge in [-0.3, -0.25) is 0 Å². The number of pyridine rings is 1. The van der Waals surface area contributed by atoms with Crippen LogP contribution in [0.4, 0.5) is 11.5 Å². The van der Waals surface area contributed by atoms with E-state index in [-0.39, 0.29) is 0 Å². The minimum Gasteiger partial charge on any atom is -0.339 e. The number of nitrogens with zero attached hydrogens (tertiary/aromatic N) is 1. The second-order valence-electron chi connectivity index (χ2n) is 4.76. The van der Waals surface area contributed by atoms with E-state index < -0.39 is 0 Å². The van der Waals surface area contributed by atoms with Gasteiger partial charge in [0, 0.05) is 22.5 Å². The Kier molecular flexibility index (Phi) is 5.14. The predicted octanol–water partition coefficient (Wildman–Crippen LogP) is 5.88. The molecule has 0 radical (unpaired) electrons. The molecule has 1 aromatic heterocycles. The van der Waals surface area contributed by atoms with Gasteiger partial charge < -0.3 is 5.32 Å². The lowest BCUT2D eigenvalue weighted by atomic mass is 10.2. The van der Waals surface area contributed by atoms with Crippen molar-refractivity contribution in [3.63, 3.8) is 0 Å². The molecular weight excluding hydrogens is 356 g/mol.